The second kappa shape index (κ2) is 8.39. The number of aryl methyl sites for hydroxylation is 1. The van der Waals surface area contributed by atoms with Gasteiger partial charge in [-0.3, -0.25) is 9.78 Å². The molecule has 0 saturated heterocycles. The lowest BCUT2D eigenvalue weighted by Crippen LogP contribution is -2.23. The summed E-state index contributed by atoms with van der Waals surface area (Å²) in [4.78, 5) is 20.8. The molecule has 0 aliphatic heterocycles. The molecule has 0 atom stereocenters. The Morgan fingerprint density at radius 3 is 2.80 bits per heavy atom. The number of carbonyl (C=O) groups is 1. The van der Waals surface area contributed by atoms with Gasteiger partial charge in [-0.15, -0.1) is 11.3 Å². The minimum Gasteiger partial charge on any atom is -0.496 e. The molecular formula is C19H19N3O2S. The molecule has 1 N–H and O–H groups in total. The highest BCUT2D eigenvalue weighted by molar-refractivity contribution is 7.13. The van der Waals surface area contributed by atoms with Crippen LogP contribution in [0, 0.1) is 0 Å². The van der Waals surface area contributed by atoms with Crippen molar-refractivity contribution in [2.45, 2.75) is 19.4 Å². The lowest BCUT2D eigenvalue weighted by atomic mass is 10.2. The van der Waals surface area contributed by atoms with Gasteiger partial charge >= 0.3 is 0 Å². The summed E-state index contributed by atoms with van der Waals surface area (Å²) < 4.78 is 5.38. The average molecular weight is 353 g/mol. The molecule has 0 unspecified atom stereocenters. The third-order valence-corrected chi connectivity index (χ3v) is 4.61. The van der Waals surface area contributed by atoms with Gasteiger partial charge in [-0.05, 0) is 30.7 Å². The summed E-state index contributed by atoms with van der Waals surface area (Å²) in [7, 11) is 1.65. The van der Waals surface area contributed by atoms with E-state index in [0.29, 0.717) is 19.4 Å². The second-order valence-electron chi connectivity index (χ2n) is 5.44. The number of hydrogen-bond acceptors (Lipinski definition) is 5. The van der Waals surface area contributed by atoms with Crippen LogP contribution < -0.4 is 10.1 Å². The Balaban J connectivity index is 1.54. The highest BCUT2D eigenvalue weighted by atomic mass is 32.1. The Morgan fingerprint density at radius 1 is 1.16 bits per heavy atom. The number of nitrogens with zero attached hydrogens (tertiary/aromatic N) is 2. The first-order valence-corrected chi connectivity index (χ1v) is 8.88. The normalized spacial score (nSPS) is 10.4. The summed E-state index contributed by atoms with van der Waals surface area (Å²) in [5.41, 5.74) is 2.74. The molecule has 0 spiro atoms. The van der Waals surface area contributed by atoms with Crippen LogP contribution in [0.15, 0.2) is 54.0 Å². The maximum Gasteiger partial charge on any atom is 0.220 e. The molecule has 3 aromatic rings. The van der Waals surface area contributed by atoms with Crippen LogP contribution in [0.3, 0.4) is 0 Å². The van der Waals surface area contributed by atoms with Crippen LogP contribution in [0.5, 0.6) is 5.75 Å². The standard InChI is InChI=1S/C19H19N3O2S/c1-24-17-8-3-2-7-16(17)19-22-15(13-25-19)9-10-18(23)21-12-14-6-4-5-11-20-14/h2-8,11,13H,9-10,12H2,1H3,(H,21,23). The van der Waals surface area contributed by atoms with Crippen LogP contribution in [-0.2, 0) is 17.8 Å². The number of nitrogens with one attached hydrogen (secondary N) is 1. The summed E-state index contributed by atoms with van der Waals surface area (Å²) >= 11 is 1.56. The van der Waals surface area contributed by atoms with Crippen molar-refractivity contribution >= 4 is 17.2 Å². The highest BCUT2D eigenvalue weighted by Crippen LogP contribution is 2.32. The number of thiazole rings is 1. The van der Waals surface area contributed by atoms with Gasteiger partial charge in [0.2, 0.25) is 5.91 Å². The molecule has 2 aromatic heterocycles. The number of ether oxygens (including phenoxy) is 1. The summed E-state index contributed by atoms with van der Waals surface area (Å²) in [6.07, 6.45) is 2.73. The van der Waals surface area contributed by atoms with E-state index in [1.165, 1.54) is 0 Å². The number of carbonyl (C=O) groups excluding carboxylic acids is 1. The average Bonchev–Trinajstić information content (AvgIpc) is 3.14. The van der Waals surface area contributed by atoms with Crippen molar-refractivity contribution < 1.29 is 9.53 Å². The second-order valence-corrected chi connectivity index (χ2v) is 6.30. The molecule has 128 valence electrons. The lowest BCUT2D eigenvalue weighted by Gasteiger charge is -2.05. The zero-order valence-corrected chi connectivity index (χ0v) is 14.8. The zero-order chi connectivity index (χ0) is 17.5. The molecule has 1 amide bonds. The van der Waals surface area contributed by atoms with Crippen molar-refractivity contribution in [3.05, 3.63) is 65.4 Å². The Labute approximate surface area is 150 Å². The third kappa shape index (κ3) is 4.64. The highest BCUT2D eigenvalue weighted by Gasteiger charge is 2.11. The molecule has 0 aliphatic rings. The molecule has 5 nitrogen and oxygen atoms in total. The van der Waals surface area contributed by atoms with Gasteiger partial charge in [-0.1, -0.05) is 18.2 Å². The third-order valence-electron chi connectivity index (χ3n) is 3.69. The van der Waals surface area contributed by atoms with Gasteiger partial charge in [-0.2, -0.15) is 0 Å². The Hall–Kier alpha value is -2.73. The van der Waals surface area contributed by atoms with Crippen molar-refractivity contribution in [3.63, 3.8) is 0 Å². The fourth-order valence-corrected chi connectivity index (χ4v) is 3.27. The van der Waals surface area contributed by atoms with Crippen molar-refractivity contribution in [2.24, 2.45) is 0 Å². The largest absolute Gasteiger partial charge is 0.496 e. The maximum atomic E-state index is 12.0. The molecule has 0 saturated carbocycles. The molecule has 0 bridgehead atoms. The number of rotatable bonds is 7. The van der Waals surface area contributed by atoms with Crippen molar-refractivity contribution in [1.82, 2.24) is 15.3 Å². The van der Waals surface area contributed by atoms with E-state index in [4.69, 9.17) is 4.74 Å². The lowest BCUT2D eigenvalue weighted by molar-refractivity contribution is -0.121. The SMILES string of the molecule is COc1ccccc1-c1nc(CCC(=O)NCc2ccccn2)cs1. The van der Waals surface area contributed by atoms with Gasteiger partial charge in [0.15, 0.2) is 0 Å². The zero-order valence-electron chi connectivity index (χ0n) is 13.9. The molecular weight excluding hydrogens is 334 g/mol. The van der Waals surface area contributed by atoms with Crippen LogP contribution in [0.4, 0.5) is 0 Å². The summed E-state index contributed by atoms with van der Waals surface area (Å²) in [6.45, 7) is 0.448. The fourth-order valence-electron chi connectivity index (χ4n) is 2.39. The van der Waals surface area contributed by atoms with Gasteiger partial charge in [0.1, 0.15) is 10.8 Å². The van der Waals surface area contributed by atoms with Crippen LogP contribution in [0.2, 0.25) is 0 Å². The maximum absolute atomic E-state index is 12.0. The summed E-state index contributed by atoms with van der Waals surface area (Å²) in [5, 5.41) is 5.78. The monoisotopic (exact) mass is 353 g/mol. The first kappa shape index (κ1) is 17.1. The van der Waals surface area contributed by atoms with E-state index in [9.17, 15) is 4.79 Å². The molecule has 3 rings (SSSR count). The minimum atomic E-state index is -0.00232. The topological polar surface area (TPSA) is 64.1 Å². The summed E-state index contributed by atoms with van der Waals surface area (Å²) in [5.74, 6) is 0.800. The van der Waals surface area contributed by atoms with Gasteiger partial charge in [0.25, 0.3) is 0 Å². The predicted octanol–water partition coefficient (Wildman–Crippen LogP) is 3.46. The van der Waals surface area contributed by atoms with Crippen molar-refractivity contribution in [1.29, 1.82) is 0 Å². The van der Waals surface area contributed by atoms with E-state index in [2.05, 4.69) is 15.3 Å². The number of aromatic nitrogens is 2. The molecule has 6 heteroatoms. The minimum absolute atomic E-state index is 0.00232. The van der Waals surface area contributed by atoms with Crippen molar-refractivity contribution in [3.8, 4) is 16.3 Å². The van der Waals surface area contributed by atoms with E-state index in [-0.39, 0.29) is 5.91 Å². The number of benzene rings is 1. The number of pyridine rings is 1. The van der Waals surface area contributed by atoms with Crippen LogP contribution in [0.25, 0.3) is 10.6 Å². The Bertz CT molecular complexity index is 833. The van der Waals surface area contributed by atoms with E-state index in [1.54, 1.807) is 24.6 Å². The first-order valence-electron chi connectivity index (χ1n) is 8.00. The molecule has 0 aliphatic carbocycles. The van der Waals surface area contributed by atoms with E-state index >= 15 is 0 Å². The Morgan fingerprint density at radius 2 is 2.00 bits per heavy atom. The molecule has 0 radical (unpaired) electrons. The van der Waals surface area contributed by atoms with E-state index < -0.39 is 0 Å². The van der Waals surface area contributed by atoms with Crippen LogP contribution in [0.1, 0.15) is 17.8 Å². The first-order chi connectivity index (χ1) is 12.3. The fraction of sp³-hybridized carbons (Fsp3) is 0.211. The van der Waals surface area contributed by atoms with Gasteiger partial charge in [0.05, 0.1) is 30.6 Å². The number of hydrogen-bond donors (Lipinski definition) is 1. The van der Waals surface area contributed by atoms with Gasteiger partial charge in [0, 0.05) is 18.0 Å². The number of amides is 1. The number of methoxy groups -OCH3 is 1. The van der Waals surface area contributed by atoms with E-state index in [0.717, 1.165) is 27.7 Å². The van der Waals surface area contributed by atoms with E-state index in [1.807, 2.05) is 47.8 Å². The van der Waals surface area contributed by atoms with Crippen LogP contribution in [-0.4, -0.2) is 23.0 Å². The smallest absolute Gasteiger partial charge is 0.220 e. The quantitative estimate of drug-likeness (QED) is 0.706. The van der Waals surface area contributed by atoms with Gasteiger partial charge < -0.3 is 10.1 Å². The molecule has 1 aromatic carbocycles. The Kier molecular flexibility index (Phi) is 5.74. The summed E-state index contributed by atoms with van der Waals surface area (Å²) in [6, 6.07) is 13.4. The van der Waals surface area contributed by atoms with Gasteiger partial charge in [-0.25, -0.2) is 4.98 Å². The number of para-hydroxylation sites is 1. The molecule has 0 fully saturated rings. The predicted molar refractivity (Wildman–Crippen MR) is 98.5 cm³/mol. The molecule has 25 heavy (non-hydrogen) atoms. The van der Waals surface area contributed by atoms with Crippen molar-refractivity contribution in [2.75, 3.05) is 7.11 Å². The van der Waals surface area contributed by atoms with Crippen LogP contribution >= 0.6 is 11.3 Å². The molecule has 2 heterocycles.